The molecule has 0 saturated heterocycles. The van der Waals surface area contributed by atoms with Crippen LogP contribution in [0.25, 0.3) is 0 Å². The van der Waals surface area contributed by atoms with Crippen LogP contribution in [0.4, 0.5) is 0 Å². The second-order valence-corrected chi connectivity index (χ2v) is 6.48. The minimum absolute atomic E-state index is 0.293. The van der Waals surface area contributed by atoms with Crippen LogP contribution in [0.2, 0.25) is 0 Å². The Balaban J connectivity index is 2.93. The Kier molecular flexibility index (Phi) is 5.23. The van der Waals surface area contributed by atoms with Gasteiger partial charge in [0, 0.05) is 12.2 Å². The zero-order valence-electron chi connectivity index (χ0n) is 10.3. The lowest BCUT2D eigenvalue weighted by Gasteiger charge is -2.22. The molecule has 0 aliphatic carbocycles. The fraction of sp³-hybridized carbons (Fsp3) is 0.273. The Labute approximate surface area is 110 Å². The van der Waals surface area contributed by atoms with Gasteiger partial charge in [-0.05, 0) is 12.1 Å². The number of nitrogens with one attached hydrogen (secondary N) is 1. The normalized spacial score (nSPS) is 13.4. The van der Waals surface area contributed by atoms with Crippen molar-refractivity contribution in [3.63, 3.8) is 0 Å². The van der Waals surface area contributed by atoms with Gasteiger partial charge in [-0.15, -0.1) is 0 Å². The van der Waals surface area contributed by atoms with Gasteiger partial charge in [0.05, 0.1) is 6.29 Å². The van der Waals surface area contributed by atoms with Gasteiger partial charge in [0.15, 0.2) is 0 Å². The van der Waals surface area contributed by atoms with Crippen LogP contribution in [0, 0.1) is 0 Å². The van der Waals surface area contributed by atoms with Crippen molar-refractivity contribution in [2.24, 2.45) is 0 Å². The number of carbonyl (C=O) groups is 2. The van der Waals surface area contributed by atoms with Crippen molar-refractivity contribution in [1.82, 2.24) is 10.4 Å². The summed E-state index contributed by atoms with van der Waals surface area (Å²) in [6.45, 7) is 0.595. The van der Waals surface area contributed by atoms with E-state index >= 15 is 0 Å². The molecule has 0 heterocycles. The third-order valence-electron chi connectivity index (χ3n) is 2.20. The van der Waals surface area contributed by atoms with Crippen molar-refractivity contribution in [3.8, 4) is 0 Å². The van der Waals surface area contributed by atoms with E-state index in [1.165, 1.54) is 17.6 Å². The van der Waals surface area contributed by atoms with Crippen LogP contribution in [0.5, 0.6) is 0 Å². The first-order valence-corrected chi connectivity index (χ1v) is 7.69. The standard InChI is InChI=1S/C11H15N2O5P/c1-19(17,18)8-13(7-10(14)12-16)11(15)9-5-3-2-4-6-9/h2-6,16H,7-8H2,1H3,(H,12,14)(H,17,18). The fourth-order valence-corrected chi connectivity index (χ4v) is 2.34. The molecular weight excluding hydrogens is 271 g/mol. The van der Waals surface area contributed by atoms with E-state index in [4.69, 9.17) is 5.21 Å². The van der Waals surface area contributed by atoms with E-state index in [0.717, 1.165) is 11.6 Å². The van der Waals surface area contributed by atoms with Crippen molar-refractivity contribution in [2.45, 2.75) is 0 Å². The van der Waals surface area contributed by atoms with Crippen LogP contribution in [-0.2, 0) is 9.36 Å². The first-order valence-electron chi connectivity index (χ1n) is 5.40. The summed E-state index contributed by atoms with van der Waals surface area (Å²) in [4.78, 5) is 33.5. The van der Waals surface area contributed by atoms with Gasteiger partial charge in [-0.1, -0.05) is 18.2 Å². The fourth-order valence-electron chi connectivity index (χ4n) is 1.47. The number of rotatable bonds is 5. The first kappa shape index (κ1) is 15.4. The molecule has 8 heteroatoms. The van der Waals surface area contributed by atoms with Crippen LogP contribution in [0.3, 0.4) is 0 Å². The molecule has 7 nitrogen and oxygen atoms in total. The van der Waals surface area contributed by atoms with E-state index < -0.39 is 32.0 Å². The van der Waals surface area contributed by atoms with Crippen LogP contribution < -0.4 is 5.48 Å². The van der Waals surface area contributed by atoms with Crippen molar-refractivity contribution < 1.29 is 24.3 Å². The van der Waals surface area contributed by atoms with Gasteiger partial charge >= 0.3 is 0 Å². The van der Waals surface area contributed by atoms with E-state index in [9.17, 15) is 19.0 Å². The second kappa shape index (κ2) is 6.47. The minimum atomic E-state index is -3.52. The topological polar surface area (TPSA) is 107 Å². The van der Waals surface area contributed by atoms with Crippen LogP contribution in [-0.4, -0.2) is 46.3 Å². The molecule has 0 bridgehead atoms. The second-order valence-electron chi connectivity index (χ2n) is 4.10. The molecule has 2 amide bonds. The smallest absolute Gasteiger partial charge is 0.262 e. The van der Waals surface area contributed by atoms with E-state index in [-0.39, 0.29) is 0 Å². The zero-order chi connectivity index (χ0) is 14.5. The van der Waals surface area contributed by atoms with Gasteiger partial charge in [0.2, 0.25) is 7.37 Å². The summed E-state index contributed by atoms with van der Waals surface area (Å²) in [6.07, 6.45) is -0.464. The van der Waals surface area contributed by atoms with Gasteiger partial charge < -0.3 is 9.79 Å². The molecule has 1 aromatic rings. The van der Waals surface area contributed by atoms with E-state index in [1.54, 1.807) is 18.2 Å². The maximum atomic E-state index is 12.1. The Bertz CT molecular complexity index is 499. The van der Waals surface area contributed by atoms with Crippen molar-refractivity contribution in [2.75, 3.05) is 19.5 Å². The molecule has 19 heavy (non-hydrogen) atoms. The summed E-state index contributed by atoms with van der Waals surface area (Å²) in [6, 6.07) is 8.07. The molecule has 0 fully saturated rings. The molecular formula is C11H15N2O5P. The highest BCUT2D eigenvalue weighted by Gasteiger charge is 2.24. The highest BCUT2D eigenvalue weighted by molar-refractivity contribution is 7.57. The van der Waals surface area contributed by atoms with E-state index in [0.29, 0.717) is 5.56 Å². The molecule has 3 N–H and O–H groups in total. The third kappa shape index (κ3) is 5.21. The Morgan fingerprint density at radius 1 is 1.32 bits per heavy atom. The zero-order valence-corrected chi connectivity index (χ0v) is 11.2. The number of hydroxylamine groups is 1. The van der Waals surface area contributed by atoms with E-state index in [1.807, 2.05) is 0 Å². The number of carbonyl (C=O) groups excluding carboxylic acids is 2. The summed E-state index contributed by atoms with van der Waals surface area (Å²) < 4.78 is 11.4. The molecule has 1 aromatic carbocycles. The molecule has 0 radical (unpaired) electrons. The van der Waals surface area contributed by atoms with Gasteiger partial charge in [0.1, 0.15) is 6.54 Å². The molecule has 0 aliphatic rings. The monoisotopic (exact) mass is 286 g/mol. The van der Waals surface area contributed by atoms with Crippen molar-refractivity contribution in [1.29, 1.82) is 0 Å². The summed E-state index contributed by atoms with van der Waals surface area (Å²) >= 11 is 0. The number of amides is 2. The Morgan fingerprint density at radius 2 is 1.89 bits per heavy atom. The number of benzene rings is 1. The highest BCUT2D eigenvalue weighted by atomic mass is 31.2. The van der Waals surface area contributed by atoms with Gasteiger partial charge in [-0.3, -0.25) is 19.4 Å². The third-order valence-corrected chi connectivity index (χ3v) is 3.07. The average Bonchev–Trinajstić information content (AvgIpc) is 2.36. The molecule has 0 aromatic heterocycles. The van der Waals surface area contributed by atoms with E-state index in [2.05, 4.69) is 0 Å². The quantitative estimate of drug-likeness (QED) is 0.415. The maximum Gasteiger partial charge on any atom is 0.262 e. The first-order chi connectivity index (χ1) is 8.83. The summed E-state index contributed by atoms with van der Waals surface area (Å²) in [5.41, 5.74) is 1.68. The summed E-state index contributed by atoms with van der Waals surface area (Å²) in [5.74, 6) is -1.39. The largest absolute Gasteiger partial charge is 0.343 e. The van der Waals surface area contributed by atoms with Crippen LogP contribution in [0.1, 0.15) is 10.4 Å². The van der Waals surface area contributed by atoms with Gasteiger partial charge in [-0.25, -0.2) is 5.48 Å². The van der Waals surface area contributed by atoms with Gasteiger partial charge in [-0.2, -0.15) is 0 Å². The number of hydrogen-bond acceptors (Lipinski definition) is 4. The number of nitrogens with zero attached hydrogens (tertiary/aromatic N) is 1. The van der Waals surface area contributed by atoms with Crippen LogP contribution >= 0.6 is 7.37 Å². The highest BCUT2D eigenvalue weighted by Crippen LogP contribution is 2.36. The van der Waals surface area contributed by atoms with Gasteiger partial charge in [0.25, 0.3) is 11.8 Å². The molecule has 1 atom stereocenters. The lowest BCUT2D eigenvalue weighted by molar-refractivity contribution is -0.129. The van der Waals surface area contributed by atoms with Crippen molar-refractivity contribution in [3.05, 3.63) is 35.9 Å². The molecule has 0 aliphatic heterocycles. The molecule has 1 unspecified atom stereocenters. The molecule has 104 valence electrons. The lowest BCUT2D eigenvalue weighted by Crippen LogP contribution is -2.40. The SMILES string of the molecule is CP(=O)(O)CN(CC(=O)NO)C(=O)c1ccccc1. The lowest BCUT2D eigenvalue weighted by atomic mass is 10.2. The maximum absolute atomic E-state index is 12.1. The summed E-state index contributed by atoms with van der Waals surface area (Å²) in [7, 11) is -3.52. The predicted molar refractivity (Wildman–Crippen MR) is 68.0 cm³/mol. The van der Waals surface area contributed by atoms with Crippen LogP contribution in [0.15, 0.2) is 30.3 Å². The molecule has 0 spiro atoms. The molecule has 0 saturated carbocycles. The Hall–Kier alpha value is -1.69. The molecule has 1 rings (SSSR count). The predicted octanol–water partition coefficient (Wildman–Crippen LogP) is 0.492. The Morgan fingerprint density at radius 3 is 2.37 bits per heavy atom. The number of hydrogen-bond donors (Lipinski definition) is 3. The summed E-state index contributed by atoms with van der Waals surface area (Å²) in [5, 5.41) is 8.47. The average molecular weight is 286 g/mol. The minimum Gasteiger partial charge on any atom is -0.343 e. The van der Waals surface area contributed by atoms with Crippen molar-refractivity contribution >= 4 is 19.2 Å².